The Kier molecular flexibility index (Phi) is 5.78. The number of aromatic nitrogens is 2. The Bertz CT molecular complexity index is 737. The third kappa shape index (κ3) is 4.76. The number of carbonyl (C=O) groups excluding carboxylic acids is 1. The Morgan fingerprint density at radius 3 is 2.62 bits per heavy atom. The van der Waals surface area contributed by atoms with E-state index in [1.165, 1.54) is 5.56 Å². The molecule has 7 nitrogen and oxygen atoms in total. The second-order valence-electron chi connectivity index (χ2n) is 6.77. The molecule has 7 heteroatoms. The largest absolute Gasteiger partial charge is 0.497 e. The second kappa shape index (κ2) is 8.23. The Labute approximate surface area is 153 Å². The number of aryl methyl sites for hydroxylation is 1. The van der Waals surface area contributed by atoms with Gasteiger partial charge in [-0.15, -0.1) is 0 Å². The number of benzene rings is 1. The van der Waals surface area contributed by atoms with Crippen LogP contribution in [0.3, 0.4) is 0 Å². The summed E-state index contributed by atoms with van der Waals surface area (Å²) in [6.07, 6.45) is 6.10. The minimum absolute atomic E-state index is 0.0256. The number of ether oxygens (including phenoxy) is 2. The van der Waals surface area contributed by atoms with Gasteiger partial charge in [-0.2, -0.15) is 5.10 Å². The van der Waals surface area contributed by atoms with Crippen molar-refractivity contribution in [2.24, 2.45) is 13.0 Å². The Balaban J connectivity index is 1.51. The monoisotopic (exact) mass is 358 g/mol. The third-order valence-corrected chi connectivity index (χ3v) is 4.66. The van der Waals surface area contributed by atoms with Crippen molar-refractivity contribution in [1.82, 2.24) is 14.7 Å². The SMILES string of the molecule is COc1cc(NC(=O)CN2CCC(Cc3cnn(C)c3)C2)cc(OC)c1. The first-order valence-electron chi connectivity index (χ1n) is 8.78. The Morgan fingerprint density at radius 1 is 1.27 bits per heavy atom. The number of rotatable bonds is 7. The molecule has 1 saturated heterocycles. The minimum atomic E-state index is -0.0256. The van der Waals surface area contributed by atoms with E-state index in [2.05, 4.69) is 21.5 Å². The van der Waals surface area contributed by atoms with Crippen LogP contribution in [0.15, 0.2) is 30.6 Å². The maximum Gasteiger partial charge on any atom is 0.238 e. The van der Waals surface area contributed by atoms with Gasteiger partial charge in [-0.3, -0.25) is 14.4 Å². The lowest BCUT2D eigenvalue weighted by atomic mass is 10.0. The fourth-order valence-electron chi connectivity index (χ4n) is 3.42. The molecular formula is C19H26N4O3. The quantitative estimate of drug-likeness (QED) is 0.819. The lowest BCUT2D eigenvalue weighted by Gasteiger charge is -2.16. The van der Waals surface area contributed by atoms with Crippen molar-refractivity contribution in [2.75, 3.05) is 39.2 Å². The molecule has 140 valence electrons. The van der Waals surface area contributed by atoms with Crippen LogP contribution in [0.1, 0.15) is 12.0 Å². The highest BCUT2D eigenvalue weighted by Crippen LogP contribution is 2.26. The average molecular weight is 358 g/mol. The number of carbonyl (C=O) groups is 1. The van der Waals surface area contributed by atoms with Gasteiger partial charge in [0, 0.05) is 43.7 Å². The van der Waals surface area contributed by atoms with E-state index >= 15 is 0 Å². The first-order chi connectivity index (χ1) is 12.6. The van der Waals surface area contributed by atoms with Crippen LogP contribution in [-0.2, 0) is 18.3 Å². The first-order valence-corrected chi connectivity index (χ1v) is 8.78. The number of nitrogens with zero attached hydrogens (tertiary/aromatic N) is 3. The summed E-state index contributed by atoms with van der Waals surface area (Å²) in [5.74, 6) is 1.85. The van der Waals surface area contributed by atoms with Crippen LogP contribution in [-0.4, -0.2) is 54.4 Å². The molecule has 1 aromatic heterocycles. The Morgan fingerprint density at radius 2 is 2.00 bits per heavy atom. The minimum Gasteiger partial charge on any atom is -0.497 e. The van der Waals surface area contributed by atoms with Crippen LogP contribution < -0.4 is 14.8 Å². The summed E-state index contributed by atoms with van der Waals surface area (Å²) in [5.41, 5.74) is 1.93. The molecule has 1 N–H and O–H groups in total. The number of likely N-dealkylation sites (tertiary alicyclic amines) is 1. The molecule has 1 aromatic carbocycles. The lowest BCUT2D eigenvalue weighted by Crippen LogP contribution is -2.31. The highest BCUT2D eigenvalue weighted by Gasteiger charge is 2.24. The van der Waals surface area contributed by atoms with Gasteiger partial charge in [0.15, 0.2) is 0 Å². The smallest absolute Gasteiger partial charge is 0.238 e. The Hall–Kier alpha value is -2.54. The molecule has 0 bridgehead atoms. The topological polar surface area (TPSA) is 68.6 Å². The summed E-state index contributed by atoms with van der Waals surface area (Å²) in [5, 5.41) is 7.15. The standard InChI is InChI=1S/C19H26N4O3/c1-22-11-15(10-20-22)6-14-4-5-23(12-14)13-19(24)21-16-7-17(25-2)9-18(8-16)26-3/h7-11,14H,4-6,12-13H2,1-3H3,(H,21,24). The van der Waals surface area contributed by atoms with Gasteiger partial charge >= 0.3 is 0 Å². The van der Waals surface area contributed by atoms with E-state index in [1.54, 1.807) is 32.4 Å². The van der Waals surface area contributed by atoms with Gasteiger partial charge in [0.05, 0.1) is 27.0 Å². The summed E-state index contributed by atoms with van der Waals surface area (Å²) in [7, 11) is 5.11. The van der Waals surface area contributed by atoms with Gasteiger partial charge < -0.3 is 14.8 Å². The summed E-state index contributed by atoms with van der Waals surface area (Å²) >= 11 is 0. The number of anilines is 1. The van der Waals surface area contributed by atoms with Crippen molar-refractivity contribution in [1.29, 1.82) is 0 Å². The molecule has 0 radical (unpaired) electrons. The fraction of sp³-hybridized carbons (Fsp3) is 0.474. The zero-order valence-corrected chi connectivity index (χ0v) is 15.6. The molecule has 1 unspecified atom stereocenters. The molecule has 2 aromatic rings. The summed E-state index contributed by atoms with van der Waals surface area (Å²) in [4.78, 5) is 14.6. The lowest BCUT2D eigenvalue weighted by molar-refractivity contribution is -0.117. The predicted octanol–water partition coefficient (Wildman–Crippen LogP) is 1.94. The third-order valence-electron chi connectivity index (χ3n) is 4.66. The van der Waals surface area contributed by atoms with Gasteiger partial charge in [-0.25, -0.2) is 0 Å². The maximum atomic E-state index is 12.4. The van der Waals surface area contributed by atoms with Crippen molar-refractivity contribution in [3.8, 4) is 11.5 Å². The molecule has 2 heterocycles. The van der Waals surface area contributed by atoms with Gasteiger partial charge in [0.25, 0.3) is 0 Å². The van der Waals surface area contributed by atoms with Crippen LogP contribution in [0.2, 0.25) is 0 Å². The number of methoxy groups -OCH3 is 2. The summed E-state index contributed by atoms with van der Waals surface area (Å²) in [6.45, 7) is 2.27. The number of hydrogen-bond acceptors (Lipinski definition) is 5. The molecule has 1 fully saturated rings. The van der Waals surface area contributed by atoms with Crippen molar-refractivity contribution >= 4 is 11.6 Å². The number of hydrogen-bond donors (Lipinski definition) is 1. The van der Waals surface area contributed by atoms with Crippen molar-refractivity contribution in [3.63, 3.8) is 0 Å². The van der Waals surface area contributed by atoms with Gasteiger partial charge in [0.1, 0.15) is 11.5 Å². The zero-order chi connectivity index (χ0) is 18.5. The van der Waals surface area contributed by atoms with Crippen molar-refractivity contribution in [3.05, 3.63) is 36.2 Å². The van der Waals surface area contributed by atoms with Crippen LogP contribution in [0.5, 0.6) is 11.5 Å². The van der Waals surface area contributed by atoms with Crippen molar-refractivity contribution in [2.45, 2.75) is 12.8 Å². The molecule has 1 atom stereocenters. The highest BCUT2D eigenvalue weighted by atomic mass is 16.5. The molecule has 26 heavy (non-hydrogen) atoms. The maximum absolute atomic E-state index is 12.4. The number of nitrogens with one attached hydrogen (secondary N) is 1. The molecular weight excluding hydrogens is 332 g/mol. The van der Waals surface area contributed by atoms with Crippen LogP contribution in [0.25, 0.3) is 0 Å². The molecule has 1 aliphatic heterocycles. The highest BCUT2D eigenvalue weighted by molar-refractivity contribution is 5.92. The van der Waals surface area contributed by atoms with E-state index in [9.17, 15) is 4.79 Å². The summed E-state index contributed by atoms with van der Waals surface area (Å²) < 4.78 is 12.3. The normalized spacial score (nSPS) is 17.3. The fourth-order valence-corrected chi connectivity index (χ4v) is 3.42. The predicted molar refractivity (Wildman–Crippen MR) is 99.6 cm³/mol. The molecule has 0 spiro atoms. The van der Waals surface area contributed by atoms with E-state index in [0.717, 1.165) is 25.9 Å². The molecule has 0 saturated carbocycles. The molecule has 3 rings (SSSR count). The summed E-state index contributed by atoms with van der Waals surface area (Å²) in [6, 6.07) is 5.35. The van der Waals surface area contributed by atoms with E-state index in [4.69, 9.17) is 9.47 Å². The molecule has 1 amide bonds. The second-order valence-corrected chi connectivity index (χ2v) is 6.77. The average Bonchev–Trinajstić information content (AvgIpc) is 3.23. The van der Waals surface area contributed by atoms with Gasteiger partial charge in [-0.05, 0) is 30.9 Å². The van der Waals surface area contributed by atoms with Crippen LogP contribution in [0.4, 0.5) is 5.69 Å². The van der Waals surface area contributed by atoms with Crippen molar-refractivity contribution < 1.29 is 14.3 Å². The number of amides is 1. The van der Waals surface area contributed by atoms with E-state index in [0.29, 0.717) is 29.6 Å². The van der Waals surface area contributed by atoms with E-state index in [1.807, 2.05) is 17.9 Å². The zero-order valence-electron chi connectivity index (χ0n) is 15.6. The van der Waals surface area contributed by atoms with E-state index < -0.39 is 0 Å². The molecule has 1 aliphatic rings. The van der Waals surface area contributed by atoms with E-state index in [-0.39, 0.29) is 5.91 Å². The van der Waals surface area contributed by atoms with Crippen LogP contribution in [0, 0.1) is 5.92 Å². The molecule has 0 aliphatic carbocycles. The first kappa shape index (κ1) is 18.3. The van der Waals surface area contributed by atoms with Crippen LogP contribution >= 0.6 is 0 Å². The van der Waals surface area contributed by atoms with Gasteiger partial charge in [-0.1, -0.05) is 0 Å². The van der Waals surface area contributed by atoms with Gasteiger partial charge in [0.2, 0.25) is 5.91 Å².